The van der Waals surface area contributed by atoms with Gasteiger partial charge < -0.3 is 25.3 Å². The normalized spacial score (nSPS) is 22.9. The van der Waals surface area contributed by atoms with Crippen LogP contribution in [0.5, 0.6) is 5.75 Å². The predicted molar refractivity (Wildman–Crippen MR) is 159 cm³/mol. The van der Waals surface area contributed by atoms with E-state index in [4.69, 9.17) is 20.6 Å². The van der Waals surface area contributed by atoms with Gasteiger partial charge in [-0.15, -0.1) is 0 Å². The Kier molecular flexibility index (Phi) is 8.53. The molecule has 5 N–H and O–H groups in total. The highest BCUT2D eigenvalue weighted by molar-refractivity contribution is 7.89. The molecule has 222 valence electrons. The number of sulfonamides is 1. The molecule has 41 heavy (non-hydrogen) atoms. The molecule has 0 spiro atoms. The van der Waals surface area contributed by atoms with Crippen molar-refractivity contribution in [3.8, 4) is 11.6 Å². The largest absolute Gasteiger partial charge is 0.493 e. The van der Waals surface area contributed by atoms with E-state index in [1.165, 1.54) is 0 Å². The average Bonchev–Trinajstić information content (AvgIpc) is 3.35. The maximum Gasteiger partial charge on any atom is 0.226 e. The molecule has 1 atom stereocenters. The van der Waals surface area contributed by atoms with Gasteiger partial charge >= 0.3 is 0 Å². The van der Waals surface area contributed by atoms with Gasteiger partial charge in [0.1, 0.15) is 11.6 Å². The summed E-state index contributed by atoms with van der Waals surface area (Å²) < 4.78 is 30.2. The van der Waals surface area contributed by atoms with Crippen LogP contribution < -0.4 is 20.9 Å². The third-order valence-corrected chi connectivity index (χ3v) is 9.16. The fourth-order valence-corrected chi connectivity index (χ4v) is 6.73. The number of rotatable bonds is 9. The summed E-state index contributed by atoms with van der Waals surface area (Å²) in [5, 5.41) is 9.47. The molecular weight excluding hydrogens is 542 g/mol. The van der Waals surface area contributed by atoms with E-state index in [0.717, 1.165) is 61.8 Å². The molecule has 5 rings (SSSR count). The Morgan fingerprint density at radius 3 is 2.66 bits per heavy atom. The fourth-order valence-electron chi connectivity index (χ4n) is 6.21. The SMILES string of the molecule is CC1(C)CC(N)CCN1C(=O)C1CCC(Nc2nccc(-n3ccc4c(OCCCS(N)(=O)=O)cccc43)n2)CC1. The molecule has 2 fully saturated rings. The van der Waals surface area contributed by atoms with Crippen molar-refractivity contribution in [2.75, 3.05) is 24.2 Å². The van der Waals surface area contributed by atoms with Crippen LogP contribution in [-0.4, -0.2) is 70.3 Å². The number of piperidine rings is 1. The zero-order valence-corrected chi connectivity index (χ0v) is 24.6. The molecule has 3 heterocycles. The molecule has 1 aromatic carbocycles. The molecule has 1 aliphatic carbocycles. The predicted octanol–water partition coefficient (Wildman–Crippen LogP) is 3.18. The summed E-state index contributed by atoms with van der Waals surface area (Å²) in [7, 11) is -3.51. The Hall–Kier alpha value is -3.22. The van der Waals surface area contributed by atoms with Crippen LogP contribution in [0.15, 0.2) is 42.7 Å². The first-order chi connectivity index (χ1) is 19.5. The molecule has 0 radical (unpaired) electrons. The average molecular weight is 584 g/mol. The number of hydrogen-bond donors (Lipinski definition) is 3. The highest BCUT2D eigenvalue weighted by Crippen LogP contribution is 2.34. The Labute approximate surface area is 241 Å². The lowest BCUT2D eigenvalue weighted by Crippen LogP contribution is -2.57. The second kappa shape index (κ2) is 11.9. The van der Waals surface area contributed by atoms with Crippen LogP contribution in [0, 0.1) is 5.92 Å². The lowest BCUT2D eigenvalue weighted by Gasteiger charge is -2.46. The zero-order valence-electron chi connectivity index (χ0n) is 23.8. The molecule has 1 unspecified atom stereocenters. The smallest absolute Gasteiger partial charge is 0.226 e. The van der Waals surface area contributed by atoms with Crippen molar-refractivity contribution in [1.29, 1.82) is 0 Å². The molecular formula is C29H41N7O4S. The number of carbonyl (C=O) groups excluding carboxylic acids is 1. The van der Waals surface area contributed by atoms with E-state index in [0.29, 0.717) is 18.1 Å². The standard InChI is InChI=1S/C29H41N7O4S/c1-29(2)19-21(30)12-16-36(29)27(37)20-7-9-22(10-8-20)33-28-32-14-11-26(34-28)35-15-13-23-24(35)5-3-6-25(23)40-17-4-18-41(31,38)39/h3,5-6,11,13-15,20-22H,4,7-10,12,16-19,30H2,1-2H3,(H2,31,38,39)(H,32,33,34). The van der Waals surface area contributed by atoms with Crippen molar-refractivity contribution in [1.82, 2.24) is 19.4 Å². The minimum atomic E-state index is -3.51. The van der Waals surface area contributed by atoms with Gasteiger partial charge in [-0.05, 0) is 83.1 Å². The van der Waals surface area contributed by atoms with E-state index < -0.39 is 10.0 Å². The van der Waals surface area contributed by atoms with Gasteiger partial charge in [-0.25, -0.2) is 18.5 Å². The van der Waals surface area contributed by atoms with Crippen molar-refractivity contribution in [3.05, 3.63) is 42.7 Å². The topological polar surface area (TPSA) is 158 Å². The van der Waals surface area contributed by atoms with Crippen molar-refractivity contribution in [2.24, 2.45) is 16.8 Å². The van der Waals surface area contributed by atoms with Crippen molar-refractivity contribution in [2.45, 2.75) is 76.4 Å². The fraction of sp³-hybridized carbons (Fsp3) is 0.552. The number of aromatic nitrogens is 3. The first-order valence-electron chi connectivity index (χ1n) is 14.4. The maximum absolute atomic E-state index is 13.4. The summed E-state index contributed by atoms with van der Waals surface area (Å²) in [5.41, 5.74) is 6.89. The summed E-state index contributed by atoms with van der Waals surface area (Å²) in [5.74, 6) is 2.15. The second-order valence-electron chi connectivity index (χ2n) is 11.9. The number of benzene rings is 1. The second-order valence-corrected chi connectivity index (χ2v) is 13.7. The maximum atomic E-state index is 13.4. The van der Waals surface area contributed by atoms with Gasteiger partial charge in [-0.3, -0.25) is 4.79 Å². The quantitative estimate of drug-likeness (QED) is 0.324. The number of amides is 1. The summed E-state index contributed by atoms with van der Waals surface area (Å²) in [6.45, 7) is 5.24. The Morgan fingerprint density at radius 2 is 1.93 bits per heavy atom. The number of hydrogen-bond acceptors (Lipinski definition) is 8. The summed E-state index contributed by atoms with van der Waals surface area (Å²) in [4.78, 5) is 24.7. The van der Waals surface area contributed by atoms with Gasteiger partial charge in [-0.1, -0.05) is 6.07 Å². The number of nitrogens with two attached hydrogens (primary N) is 2. The number of nitrogens with one attached hydrogen (secondary N) is 1. The molecule has 1 amide bonds. The molecule has 11 nitrogen and oxygen atoms in total. The van der Waals surface area contributed by atoms with E-state index in [1.807, 2.05) is 41.1 Å². The van der Waals surface area contributed by atoms with Crippen LogP contribution in [0.4, 0.5) is 5.95 Å². The molecule has 0 bridgehead atoms. The van der Waals surface area contributed by atoms with Crippen LogP contribution in [0.1, 0.15) is 58.8 Å². The molecule has 12 heteroatoms. The molecule has 2 aliphatic rings. The van der Waals surface area contributed by atoms with Crippen LogP contribution in [-0.2, 0) is 14.8 Å². The lowest BCUT2D eigenvalue weighted by molar-refractivity contribution is -0.144. The van der Waals surface area contributed by atoms with Crippen LogP contribution in [0.25, 0.3) is 16.7 Å². The number of primary sulfonamides is 1. The number of likely N-dealkylation sites (tertiary alicyclic amines) is 1. The van der Waals surface area contributed by atoms with Gasteiger partial charge in [-0.2, -0.15) is 4.98 Å². The Bertz CT molecular complexity index is 1480. The highest BCUT2D eigenvalue weighted by atomic mass is 32.2. The van der Waals surface area contributed by atoms with E-state index in [-0.39, 0.29) is 41.8 Å². The highest BCUT2D eigenvalue weighted by Gasteiger charge is 2.39. The Balaban J connectivity index is 1.20. The summed E-state index contributed by atoms with van der Waals surface area (Å²) in [6.07, 6.45) is 9.16. The third kappa shape index (κ3) is 6.99. The first kappa shape index (κ1) is 29.3. The summed E-state index contributed by atoms with van der Waals surface area (Å²) in [6, 6.07) is 9.92. The molecule has 3 aromatic rings. The van der Waals surface area contributed by atoms with Gasteiger partial charge in [0.05, 0.1) is 17.9 Å². The molecule has 1 saturated carbocycles. The van der Waals surface area contributed by atoms with E-state index in [2.05, 4.69) is 29.0 Å². The summed E-state index contributed by atoms with van der Waals surface area (Å²) >= 11 is 0. The molecule has 1 aliphatic heterocycles. The molecule has 2 aromatic heterocycles. The lowest BCUT2D eigenvalue weighted by atomic mass is 9.81. The number of nitrogens with zero attached hydrogens (tertiary/aromatic N) is 4. The number of ether oxygens (including phenoxy) is 1. The van der Waals surface area contributed by atoms with Gasteiger partial charge in [0.2, 0.25) is 21.9 Å². The molecule has 1 saturated heterocycles. The number of anilines is 1. The van der Waals surface area contributed by atoms with Crippen LogP contribution in [0.2, 0.25) is 0 Å². The van der Waals surface area contributed by atoms with Crippen molar-refractivity contribution < 1.29 is 17.9 Å². The van der Waals surface area contributed by atoms with Gasteiger partial charge in [0, 0.05) is 47.9 Å². The van der Waals surface area contributed by atoms with Crippen LogP contribution in [0.3, 0.4) is 0 Å². The van der Waals surface area contributed by atoms with Gasteiger partial charge in [0.25, 0.3) is 0 Å². The number of carbonyl (C=O) groups is 1. The monoisotopic (exact) mass is 583 g/mol. The number of fused-ring (bicyclic) bond motifs is 1. The minimum absolute atomic E-state index is 0.0521. The first-order valence-corrected chi connectivity index (χ1v) is 16.1. The van der Waals surface area contributed by atoms with E-state index >= 15 is 0 Å². The van der Waals surface area contributed by atoms with Crippen molar-refractivity contribution >= 4 is 32.8 Å². The van der Waals surface area contributed by atoms with Gasteiger partial charge in [0.15, 0.2) is 0 Å². The Morgan fingerprint density at radius 1 is 1.15 bits per heavy atom. The van der Waals surface area contributed by atoms with E-state index in [9.17, 15) is 13.2 Å². The zero-order chi connectivity index (χ0) is 29.2. The van der Waals surface area contributed by atoms with E-state index in [1.54, 1.807) is 6.20 Å². The third-order valence-electron chi connectivity index (χ3n) is 8.30. The van der Waals surface area contributed by atoms with Crippen LogP contribution >= 0.6 is 0 Å². The van der Waals surface area contributed by atoms with Crippen molar-refractivity contribution in [3.63, 3.8) is 0 Å². The minimum Gasteiger partial charge on any atom is -0.493 e.